The van der Waals surface area contributed by atoms with Gasteiger partial charge in [-0.05, 0) is 47.7 Å². The number of halogens is 3. The summed E-state index contributed by atoms with van der Waals surface area (Å²) in [6, 6.07) is 2.36. The monoisotopic (exact) mass is 314 g/mol. The second kappa shape index (κ2) is 8.01. The molecule has 1 rings (SSSR count). The van der Waals surface area contributed by atoms with E-state index < -0.39 is 17.7 Å². The first kappa shape index (κ1) is 18.3. The molecule has 0 aromatic heterocycles. The van der Waals surface area contributed by atoms with Gasteiger partial charge < -0.3 is 4.74 Å². The van der Waals surface area contributed by atoms with E-state index in [9.17, 15) is 18.0 Å². The van der Waals surface area contributed by atoms with Crippen LogP contribution in [-0.2, 0) is 28.5 Å². The summed E-state index contributed by atoms with van der Waals surface area (Å²) in [4.78, 5) is 11.3. The van der Waals surface area contributed by atoms with Gasteiger partial charge in [0.05, 0.1) is 12.7 Å². The highest BCUT2D eigenvalue weighted by Crippen LogP contribution is 2.33. The van der Waals surface area contributed by atoms with Crippen molar-refractivity contribution in [2.24, 2.45) is 0 Å². The maximum absolute atomic E-state index is 13.0. The number of ether oxygens (including phenoxy) is 1. The minimum Gasteiger partial charge on any atom is -0.466 e. The van der Waals surface area contributed by atoms with E-state index >= 15 is 0 Å². The van der Waals surface area contributed by atoms with Gasteiger partial charge >= 0.3 is 12.1 Å². The van der Waals surface area contributed by atoms with Crippen molar-refractivity contribution in [2.75, 3.05) is 7.11 Å². The maximum atomic E-state index is 13.0. The number of alkyl halides is 3. The van der Waals surface area contributed by atoms with Crippen LogP contribution in [0.3, 0.4) is 0 Å². The number of aryl methyl sites for hydroxylation is 2. The molecule has 0 atom stereocenters. The first-order chi connectivity index (χ1) is 10.3. The Balaban J connectivity index is 3.42. The van der Waals surface area contributed by atoms with Gasteiger partial charge in [-0.2, -0.15) is 13.2 Å². The zero-order valence-corrected chi connectivity index (χ0v) is 13.1. The van der Waals surface area contributed by atoms with Crippen LogP contribution in [0, 0.1) is 0 Å². The second-order valence-electron chi connectivity index (χ2n) is 5.06. The molecule has 0 radical (unpaired) electrons. The fraction of sp³-hybridized carbons (Fsp3) is 0.471. The van der Waals surface area contributed by atoms with Gasteiger partial charge in [-0.1, -0.05) is 26.7 Å². The first-order valence-electron chi connectivity index (χ1n) is 7.32. The van der Waals surface area contributed by atoms with E-state index in [1.165, 1.54) is 25.3 Å². The predicted molar refractivity (Wildman–Crippen MR) is 80.5 cm³/mol. The minimum absolute atomic E-state index is 0.523. The quantitative estimate of drug-likeness (QED) is 0.557. The molecular formula is C17H21F3O2. The largest absolute Gasteiger partial charge is 0.466 e. The fourth-order valence-electron chi connectivity index (χ4n) is 2.33. The van der Waals surface area contributed by atoms with E-state index in [-0.39, 0.29) is 0 Å². The number of benzene rings is 1. The molecule has 5 heteroatoms. The lowest BCUT2D eigenvalue weighted by atomic mass is 9.92. The summed E-state index contributed by atoms with van der Waals surface area (Å²) in [6.45, 7) is 3.82. The highest BCUT2D eigenvalue weighted by Gasteiger charge is 2.31. The second-order valence-corrected chi connectivity index (χ2v) is 5.06. The smallest absolute Gasteiger partial charge is 0.416 e. The third-order valence-electron chi connectivity index (χ3n) is 3.30. The normalized spacial score (nSPS) is 11.9. The van der Waals surface area contributed by atoms with Gasteiger partial charge in [0, 0.05) is 6.08 Å². The van der Waals surface area contributed by atoms with Crippen molar-refractivity contribution in [3.8, 4) is 0 Å². The molecule has 0 amide bonds. The van der Waals surface area contributed by atoms with Crippen molar-refractivity contribution in [2.45, 2.75) is 45.7 Å². The SMILES string of the molecule is CCCc1cc(C(F)(F)F)cc(CCC)c1/C=C/C(=O)OC. The topological polar surface area (TPSA) is 26.3 Å². The summed E-state index contributed by atoms with van der Waals surface area (Å²) in [5.41, 5.74) is 1.29. The van der Waals surface area contributed by atoms with Gasteiger partial charge in [0.15, 0.2) is 0 Å². The Kier molecular flexibility index (Phi) is 6.65. The lowest BCUT2D eigenvalue weighted by Gasteiger charge is -2.16. The van der Waals surface area contributed by atoms with Crippen molar-refractivity contribution in [1.29, 1.82) is 0 Å². The number of methoxy groups -OCH3 is 1. The molecule has 0 bridgehead atoms. The van der Waals surface area contributed by atoms with E-state index in [1.54, 1.807) is 6.08 Å². The average Bonchev–Trinajstić information content (AvgIpc) is 2.45. The van der Waals surface area contributed by atoms with Gasteiger partial charge in [-0.25, -0.2) is 4.79 Å². The molecule has 0 aliphatic carbocycles. The van der Waals surface area contributed by atoms with E-state index in [0.29, 0.717) is 29.5 Å². The lowest BCUT2D eigenvalue weighted by molar-refractivity contribution is -0.137. The fourth-order valence-corrected chi connectivity index (χ4v) is 2.33. The molecule has 122 valence electrons. The molecule has 0 unspecified atom stereocenters. The highest BCUT2D eigenvalue weighted by atomic mass is 19.4. The zero-order chi connectivity index (χ0) is 16.8. The maximum Gasteiger partial charge on any atom is 0.416 e. The molecule has 22 heavy (non-hydrogen) atoms. The Bertz CT molecular complexity index is 518. The number of hydrogen-bond donors (Lipinski definition) is 0. The zero-order valence-electron chi connectivity index (χ0n) is 13.1. The van der Waals surface area contributed by atoms with Crippen LogP contribution >= 0.6 is 0 Å². The number of rotatable bonds is 6. The Morgan fingerprint density at radius 1 is 1.14 bits per heavy atom. The molecule has 1 aromatic rings. The molecule has 1 aromatic carbocycles. The minimum atomic E-state index is -4.37. The van der Waals surface area contributed by atoms with Crippen LogP contribution in [0.2, 0.25) is 0 Å². The number of hydrogen-bond acceptors (Lipinski definition) is 2. The van der Waals surface area contributed by atoms with Crippen LogP contribution in [-0.4, -0.2) is 13.1 Å². The Labute approximate surface area is 129 Å². The third-order valence-corrected chi connectivity index (χ3v) is 3.30. The molecular weight excluding hydrogens is 293 g/mol. The van der Waals surface area contributed by atoms with Gasteiger partial charge in [0.2, 0.25) is 0 Å². The Hall–Kier alpha value is -1.78. The molecule has 0 aliphatic heterocycles. The van der Waals surface area contributed by atoms with E-state index in [0.717, 1.165) is 12.8 Å². The van der Waals surface area contributed by atoms with Gasteiger partial charge in [-0.15, -0.1) is 0 Å². The number of carbonyl (C=O) groups excluding carboxylic acids is 1. The molecule has 2 nitrogen and oxygen atoms in total. The van der Waals surface area contributed by atoms with E-state index in [4.69, 9.17) is 0 Å². The van der Waals surface area contributed by atoms with Crippen molar-refractivity contribution in [1.82, 2.24) is 0 Å². The molecule has 0 heterocycles. The number of carbonyl (C=O) groups is 1. The lowest BCUT2D eigenvalue weighted by Crippen LogP contribution is -2.09. The van der Waals surface area contributed by atoms with Gasteiger partial charge in [-0.3, -0.25) is 0 Å². The molecule has 0 saturated heterocycles. The third kappa shape index (κ3) is 4.90. The van der Waals surface area contributed by atoms with Crippen LogP contribution in [0.5, 0.6) is 0 Å². The molecule has 0 spiro atoms. The predicted octanol–water partition coefficient (Wildman–Crippen LogP) is 4.80. The Morgan fingerprint density at radius 2 is 1.64 bits per heavy atom. The van der Waals surface area contributed by atoms with Crippen LogP contribution in [0.1, 0.15) is 48.9 Å². The van der Waals surface area contributed by atoms with Gasteiger partial charge in [0.25, 0.3) is 0 Å². The summed E-state index contributed by atoms with van der Waals surface area (Å²) in [7, 11) is 1.26. The van der Waals surface area contributed by atoms with Gasteiger partial charge in [0.1, 0.15) is 0 Å². The first-order valence-corrected chi connectivity index (χ1v) is 7.32. The van der Waals surface area contributed by atoms with E-state index in [1.807, 2.05) is 13.8 Å². The summed E-state index contributed by atoms with van der Waals surface area (Å²) in [6.07, 6.45) is 0.958. The van der Waals surface area contributed by atoms with E-state index in [2.05, 4.69) is 4.74 Å². The standard InChI is InChI=1S/C17H21F3O2/c1-4-6-12-10-14(17(18,19)20)11-13(7-5-2)15(12)8-9-16(21)22-3/h8-11H,4-7H2,1-3H3/b9-8+. The molecule has 0 fully saturated rings. The van der Waals surface area contributed by atoms with Crippen LogP contribution in [0.15, 0.2) is 18.2 Å². The van der Waals surface area contributed by atoms with Crippen molar-refractivity contribution in [3.05, 3.63) is 40.5 Å². The summed E-state index contributed by atoms with van der Waals surface area (Å²) >= 11 is 0. The summed E-state index contributed by atoms with van der Waals surface area (Å²) in [5, 5.41) is 0. The molecule has 0 saturated carbocycles. The van der Waals surface area contributed by atoms with Crippen molar-refractivity contribution < 1.29 is 22.7 Å². The van der Waals surface area contributed by atoms with Crippen molar-refractivity contribution >= 4 is 12.0 Å². The summed E-state index contributed by atoms with van der Waals surface area (Å²) < 4.78 is 43.7. The summed E-state index contributed by atoms with van der Waals surface area (Å²) in [5.74, 6) is -0.523. The van der Waals surface area contributed by atoms with Crippen LogP contribution < -0.4 is 0 Å². The molecule has 0 N–H and O–H groups in total. The molecule has 0 aliphatic rings. The average molecular weight is 314 g/mol. The van der Waals surface area contributed by atoms with Crippen molar-refractivity contribution in [3.63, 3.8) is 0 Å². The Morgan fingerprint density at radius 3 is 2.00 bits per heavy atom. The van der Waals surface area contributed by atoms with Crippen LogP contribution in [0.4, 0.5) is 13.2 Å². The number of esters is 1. The highest BCUT2D eigenvalue weighted by molar-refractivity contribution is 5.87. The van der Waals surface area contributed by atoms with Crippen LogP contribution in [0.25, 0.3) is 6.08 Å².